The van der Waals surface area contributed by atoms with E-state index in [2.05, 4.69) is 31.0 Å². The lowest BCUT2D eigenvalue weighted by atomic mass is 10.00. The molecule has 1 nitrogen and oxygen atoms in total. The Kier molecular flexibility index (Phi) is 4.66. The highest BCUT2D eigenvalue weighted by atomic mass is 14.7. The average Bonchev–Trinajstić information content (AvgIpc) is 2.65. The second-order valence-corrected chi connectivity index (χ2v) is 3.88. The topological polar surface area (TPSA) is 15.8 Å². The van der Waals surface area contributed by atoms with Gasteiger partial charge in [0.25, 0.3) is 0 Å². The van der Waals surface area contributed by atoms with Crippen molar-refractivity contribution in [2.24, 2.45) is 0 Å². The van der Waals surface area contributed by atoms with Crippen LogP contribution in [0.15, 0.2) is 18.3 Å². The minimum atomic E-state index is 0.701. The van der Waals surface area contributed by atoms with Crippen LogP contribution in [-0.4, -0.2) is 4.98 Å². The molecule has 1 heterocycles. The maximum absolute atomic E-state index is 3.28. The zero-order valence-electron chi connectivity index (χ0n) is 8.84. The van der Waals surface area contributed by atoms with Gasteiger partial charge in [-0.2, -0.15) is 0 Å². The van der Waals surface area contributed by atoms with Gasteiger partial charge >= 0.3 is 0 Å². The molecule has 0 bridgehead atoms. The van der Waals surface area contributed by atoms with Crippen molar-refractivity contribution in [3.05, 3.63) is 24.0 Å². The number of hydrogen-bond donors (Lipinski definition) is 1. The van der Waals surface area contributed by atoms with Crippen LogP contribution in [0, 0.1) is 0 Å². The molecule has 0 aliphatic heterocycles. The molecule has 0 aliphatic carbocycles. The van der Waals surface area contributed by atoms with Gasteiger partial charge < -0.3 is 4.98 Å². The number of H-pyrrole nitrogens is 1. The summed E-state index contributed by atoms with van der Waals surface area (Å²) in [7, 11) is 0. The van der Waals surface area contributed by atoms with E-state index in [-0.39, 0.29) is 0 Å². The number of aromatic nitrogens is 1. The third-order valence-corrected chi connectivity index (χ3v) is 2.64. The van der Waals surface area contributed by atoms with Gasteiger partial charge in [-0.15, -0.1) is 0 Å². The Morgan fingerprint density at radius 3 is 2.77 bits per heavy atom. The van der Waals surface area contributed by atoms with Gasteiger partial charge in [-0.3, -0.25) is 0 Å². The summed E-state index contributed by atoms with van der Waals surface area (Å²) in [5.41, 5.74) is 1.39. The summed E-state index contributed by atoms with van der Waals surface area (Å²) in [5.74, 6) is 0.701. The van der Waals surface area contributed by atoms with Crippen molar-refractivity contribution in [1.82, 2.24) is 4.98 Å². The number of aromatic amines is 1. The maximum atomic E-state index is 3.28. The highest BCUT2D eigenvalue weighted by Gasteiger charge is 2.04. The van der Waals surface area contributed by atoms with Crippen LogP contribution in [0.4, 0.5) is 0 Å². The van der Waals surface area contributed by atoms with E-state index in [1.807, 2.05) is 6.20 Å². The molecule has 1 aromatic rings. The Balaban J connectivity index is 2.15. The van der Waals surface area contributed by atoms with Crippen LogP contribution >= 0.6 is 0 Å². The monoisotopic (exact) mass is 179 g/mol. The molecule has 0 saturated heterocycles. The highest BCUT2D eigenvalue weighted by molar-refractivity contribution is 5.08. The lowest BCUT2D eigenvalue weighted by molar-refractivity contribution is 0.573. The van der Waals surface area contributed by atoms with Crippen LogP contribution < -0.4 is 0 Å². The molecule has 13 heavy (non-hydrogen) atoms. The molecular weight excluding hydrogens is 158 g/mol. The minimum Gasteiger partial charge on any atom is -0.365 e. The summed E-state index contributed by atoms with van der Waals surface area (Å²) < 4.78 is 0. The lowest BCUT2D eigenvalue weighted by Gasteiger charge is -2.08. The van der Waals surface area contributed by atoms with Crippen LogP contribution in [-0.2, 0) is 0 Å². The van der Waals surface area contributed by atoms with Crippen molar-refractivity contribution in [2.45, 2.75) is 51.9 Å². The number of nitrogens with one attached hydrogen (secondary N) is 1. The molecule has 0 amide bonds. The second-order valence-electron chi connectivity index (χ2n) is 3.88. The first-order chi connectivity index (χ1) is 6.34. The SMILES string of the molecule is CCCCCCC(C)c1ccc[nH]1. The summed E-state index contributed by atoms with van der Waals surface area (Å²) in [6, 6.07) is 4.27. The fraction of sp³-hybridized carbons (Fsp3) is 0.667. The Morgan fingerprint density at radius 1 is 1.31 bits per heavy atom. The quantitative estimate of drug-likeness (QED) is 0.633. The lowest BCUT2D eigenvalue weighted by Crippen LogP contribution is -1.93. The summed E-state index contributed by atoms with van der Waals surface area (Å²) >= 11 is 0. The molecule has 0 fully saturated rings. The Bertz CT molecular complexity index is 201. The zero-order valence-corrected chi connectivity index (χ0v) is 8.84. The second kappa shape index (κ2) is 5.85. The van der Waals surface area contributed by atoms with Crippen LogP contribution in [0.25, 0.3) is 0 Å². The van der Waals surface area contributed by atoms with E-state index in [1.54, 1.807) is 0 Å². The van der Waals surface area contributed by atoms with E-state index >= 15 is 0 Å². The fourth-order valence-electron chi connectivity index (χ4n) is 1.68. The van der Waals surface area contributed by atoms with Crippen LogP contribution in [0.1, 0.15) is 57.6 Å². The van der Waals surface area contributed by atoms with Gasteiger partial charge in [-0.05, 0) is 24.5 Å². The molecule has 0 radical (unpaired) electrons. The maximum Gasteiger partial charge on any atom is 0.0175 e. The normalized spacial score (nSPS) is 13.1. The molecule has 0 saturated carbocycles. The number of unbranched alkanes of at least 4 members (excludes halogenated alkanes) is 3. The van der Waals surface area contributed by atoms with Gasteiger partial charge in [0.1, 0.15) is 0 Å². The predicted octanol–water partition coefficient (Wildman–Crippen LogP) is 4.09. The van der Waals surface area contributed by atoms with Gasteiger partial charge in [0.2, 0.25) is 0 Å². The Labute approximate surface area is 81.6 Å². The van der Waals surface area contributed by atoms with Gasteiger partial charge in [0.15, 0.2) is 0 Å². The first-order valence-electron chi connectivity index (χ1n) is 5.48. The van der Waals surface area contributed by atoms with Crippen molar-refractivity contribution in [1.29, 1.82) is 0 Å². The number of hydrogen-bond acceptors (Lipinski definition) is 0. The third-order valence-electron chi connectivity index (χ3n) is 2.64. The molecule has 1 rings (SSSR count). The van der Waals surface area contributed by atoms with Crippen LogP contribution in [0.5, 0.6) is 0 Å². The van der Waals surface area contributed by atoms with Crippen molar-refractivity contribution in [2.75, 3.05) is 0 Å². The van der Waals surface area contributed by atoms with Crippen molar-refractivity contribution >= 4 is 0 Å². The molecular formula is C12H21N. The first kappa shape index (κ1) is 10.4. The van der Waals surface area contributed by atoms with E-state index in [9.17, 15) is 0 Å². The third kappa shape index (κ3) is 3.67. The fourth-order valence-corrected chi connectivity index (χ4v) is 1.68. The molecule has 1 atom stereocenters. The van der Waals surface area contributed by atoms with Gasteiger partial charge in [-0.1, -0.05) is 39.5 Å². The summed E-state index contributed by atoms with van der Waals surface area (Å²) in [6.45, 7) is 4.56. The van der Waals surface area contributed by atoms with Crippen molar-refractivity contribution in [3.8, 4) is 0 Å². The first-order valence-corrected chi connectivity index (χ1v) is 5.48. The van der Waals surface area contributed by atoms with E-state index in [0.717, 1.165) is 0 Å². The van der Waals surface area contributed by atoms with Crippen molar-refractivity contribution in [3.63, 3.8) is 0 Å². The summed E-state index contributed by atoms with van der Waals surface area (Å²) in [6.07, 6.45) is 8.81. The largest absolute Gasteiger partial charge is 0.365 e. The summed E-state index contributed by atoms with van der Waals surface area (Å²) in [4.78, 5) is 3.28. The summed E-state index contributed by atoms with van der Waals surface area (Å²) in [5, 5.41) is 0. The molecule has 0 spiro atoms. The van der Waals surface area contributed by atoms with Crippen LogP contribution in [0.2, 0.25) is 0 Å². The smallest absolute Gasteiger partial charge is 0.0175 e. The molecule has 1 aromatic heterocycles. The van der Waals surface area contributed by atoms with E-state index < -0.39 is 0 Å². The molecule has 74 valence electrons. The average molecular weight is 179 g/mol. The minimum absolute atomic E-state index is 0.701. The van der Waals surface area contributed by atoms with E-state index in [1.165, 1.54) is 37.8 Å². The van der Waals surface area contributed by atoms with Gasteiger partial charge in [-0.25, -0.2) is 0 Å². The number of rotatable bonds is 6. The molecule has 1 heteroatoms. The van der Waals surface area contributed by atoms with Crippen molar-refractivity contribution < 1.29 is 0 Å². The molecule has 0 aromatic carbocycles. The van der Waals surface area contributed by atoms with E-state index in [4.69, 9.17) is 0 Å². The molecule has 0 aliphatic rings. The van der Waals surface area contributed by atoms with Crippen LogP contribution in [0.3, 0.4) is 0 Å². The van der Waals surface area contributed by atoms with E-state index in [0.29, 0.717) is 5.92 Å². The zero-order chi connectivity index (χ0) is 9.52. The van der Waals surface area contributed by atoms with Gasteiger partial charge in [0.05, 0.1) is 0 Å². The standard InChI is InChI=1S/C12H21N/c1-3-4-5-6-8-11(2)12-9-7-10-13-12/h7,9-11,13H,3-6,8H2,1-2H3. The van der Waals surface area contributed by atoms with Gasteiger partial charge in [0, 0.05) is 11.9 Å². The Morgan fingerprint density at radius 2 is 2.15 bits per heavy atom. The predicted molar refractivity (Wildman–Crippen MR) is 58.0 cm³/mol. The molecule has 1 N–H and O–H groups in total. The Hall–Kier alpha value is -0.720. The molecule has 1 unspecified atom stereocenters. The highest BCUT2D eigenvalue weighted by Crippen LogP contribution is 2.19.